The van der Waals surface area contributed by atoms with Gasteiger partial charge in [-0.25, -0.2) is 0 Å². The van der Waals surface area contributed by atoms with Gasteiger partial charge in [0.15, 0.2) is 12.4 Å². The van der Waals surface area contributed by atoms with Crippen molar-refractivity contribution in [1.82, 2.24) is 0 Å². The van der Waals surface area contributed by atoms with Gasteiger partial charge in [-0.3, -0.25) is 4.79 Å². The fraction of sp³-hybridized carbons (Fsp3) is 0.0714. The lowest BCUT2D eigenvalue weighted by atomic mass is 10.1. The van der Waals surface area contributed by atoms with Crippen LogP contribution in [0.1, 0.15) is 10.4 Å². The predicted molar refractivity (Wildman–Crippen MR) is 64.4 cm³/mol. The second kappa shape index (κ2) is 5.16. The maximum Gasteiger partial charge on any atom is 0.200 e. The Morgan fingerprint density at radius 1 is 1.06 bits per heavy atom. The normalized spacial score (nSPS) is 9.88. The van der Waals surface area contributed by atoms with Crippen molar-refractivity contribution >= 4 is 5.78 Å². The molecular formula is C14H12O3. The Balaban J connectivity index is 1.98. The van der Waals surface area contributed by atoms with Crippen molar-refractivity contribution in [1.29, 1.82) is 0 Å². The Hall–Kier alpha value is -2.29. The third kappa shape index (κ3) is 3.08. The van der Waals surface area contributed by atoms with E-state index in [2.05, 4.69) is 0 Å². The van der Waals surface area contributed by atoms with Crippen molar-refractivity contribution in [2.75, 3.05) is 6.61 Å². The van der Waals surface area contributed by atoms with Crippen LogP contribution in [0.2, 0.25) is 0 Å². The van der Waals surface area contributed by atoms with Crippen molar-refractivity contribution in [3.05, 3.63) is 60.2 Å². The van der Waals surface area contributed by atoms with Crippen molar-refractivity contribution in [2.45, 2.75) is 0 Å². The first-order valence-corrected chi connectivity index (χ1v) is 5.26. The molecule has 0 saturated carbocycles. The lowest BCUT2D eigenvalue weighted by molar-refractivity contribution is 0.0921. The minimum atomic E-state index is -0.162. The number of carbonyl (C=O) groups excluding carboxylic acids is 1. The zero-order valence-corrected chi connectivity index (χ0v) is 9.17. The summed E-state index contributed by atoms with van der Waals surface area (Å²) in [4.78, 5) is 11.7. The lowest BCUT2D eigenvalue weighted by Crippen LogP contribution is -2.11. The number of carbonyl (C=O) groups is 1. The summed E-state index contributed by atoms with van der Waals surface area (Å²) in [6, 6.07) is 15.4. The first-order valence-electron chi connectivity index (χ1n) is 5.26. The molecule has 0 spiro atoms. The minimum Gasteiger partial charge on any atom is -0.508 e. The zero-order chi connectivity index (χ0) is 12.1. The zero-order valence-electron chi connectivity index (χ0n) is 9.17. The van der Waals surface area contributed by atoms with Gasteiger partial charge in [0.25, 0.3) is 0 Å². The molecule has 2 aromatic carbocycles. The summed E-state index contributed by atoms with van der Waals surface area (Å²) in [6.07, 6.45) is 0. The molecule has 0 aliphatic heterocycles. The summed E-state index contributed by atoms with van der Waals surface area (Å²) in [5.41, 5.74) is 0.445. The molecule has 0 atom stereocenters. The Morgan fingerprint density at radius 3 is 2.53 bits per heavy atom. The van der Waals surface area contributed by atoms with Crippen LogP contribution in [-0.2, 0) is 0 Å². The van der Waals surface area contributed by atoms with E-state index in [9.17, 15) is 9.90 Å². The Morgan fingerprint density at radius 2 is 1.82 bits per heavy atom. The molecule has 0 fully saturated rings. The Labute approximate surface area is 99.3 Å². The van der Waals surface area contributed by atoms with E-state index in [4.69, 9.17) is 4.74 Å². The lowest BCUT2D eigenvalue weighted by Gasteiger charge is -2.05. The fourth-order valence-electron chi connectivity index (χ4n) is 1.43. The number of benzene rings is 2. The SMILES string of the molecule is O=C(COc1ccccc1)c1cccc(O)c1. The van der Waals surface area contributed by atoms with E-state index in [-0.39, 0.29) is 18.1 Å². The molecule has 17 heavy (non-hydrogen) atoms. The highest BCUT2D eigenvalue weighted by Gasteiger charge is 2.07. The third-order valence-corrected chi connectivity index (χ3v) is 2.28. The van der Waals surface area contributed by atoms with E-state index in [1.54, 1.807) is 24.3 Å². The topological polar surface area (TPSA) is 46.5 Å². The number of para-hydroxylation sites is 1. The van der Waals surface area contributed by atoms with Gasteiger partial charge in [0, 0.05) is 5.56 Å². The second-order valence-corrected chi connectivity index (χ2v) is 3.58. The van der Waals surface area contributed by atoms with Crippen LogP contribution in [0.15, 0.2) is 54.6 Å². The van der Waals surface area contributed by atoms with Gasteiger partial charge in [0.1, 0.15) is 11.5 Å². The largest absolute Gasteiger partial charge is 0.508 e. The molecule has 0 saturated heterocycles. The van der Waals surface area contributed by atoms with Crippen molar-refractivity contribution < 1.29 is 14.6 Å². The number of ether oxygens (including phenoxy) is 1. The first kappa shape index (κ1) is 11.2. The van der Waals surface area contributed by atoms with Gasteiger partial charge in [0.2, 0.25) is 0 Å². The molecule has 0 bridgehead atoms. The van der Waals surface area contributed by atoms with Gasteiger partial charge < -0.3 is 9.84 Å². The predicted octanol–water partition coefficient (Wildman–Crippen LogP) is 2.65. The molecule has 0 amide bonds. The summed E-state index contributed by atoms with van der Waals surface area (Å²) in [5, 5.41) is 9.25. The van der Waals surface area contributed by atoms with Gasteiger partial charge >= 0.3 is 0 Å². The van der Waals surface area contributed by atoms with Gasteiger partial charge in [-0.05, 0) is 24.3 Å². The molecule has 2 rings (SSSR count). The fourth-order valence-corrected chi connectivity index (χ4v) is 1.43. The van der Waals surface area contributed by atoms with E-state index in [0.717, 1.165) is 0 Å². The number of phenolic OH excluding ortho intramolecular Hbond substituents is 1. The molecule has 2 aromatic rings. The van der Waals surface area contributed by atoms with Crippen LogP contribution >= 0.6 is 0 Å². The maximum atomic E-state index is 11.7. The van der Waals surface area contributed by atoms with Crippen LogP contribution in [0.3, 0.4) is 0 Å². The second-order valence-electron chi connectivity index (χ2n) is 3.58. The Kier molecular flexibility index (Phi) is 3.40. The van der Waals surface area contributed by atoms with Gasteiger partial charge in [-0.1, -0.05) is 30.3 Å². The summed E-state index contributed by atoms with van der Waals surface area (Å²) in [6.45, 7) is -0.0343. The molecule has 0 aliphatic carbocycles. The molecule has 0 heterocycles. The highest BCUT2D eigenvalue weighted by molar-refractivity contribution is 5.97. The average Bonchev–Trinajstić information content (AvgIpc) is 2.37. The highest BCUT2D eigenvalue weighted by Crippen LogP contribution is 2.13. The molecule has 3 nitrogen and oxygen atoms in total. The van der Waals surface area contributed by atoms with E-state index in [0.29, 0.717) is 11.3 Å². The quantitative estimate of drug-likeness (QED) is 0.818. The number of aromatic hydroxyl groups is 1. The van der Waals surface area contributed by atoms with Crippen LogP contribution in [0.4, 0.5) is 0 Å². The van der Waals surface area contributed by atoms with Crippen molar-refractivity contribution in [2.24, 2.45) is 0 Å². The first-order chi connectivity index (χ1) is 8.25. The van der Waals surface area contributed by atoms with Crippen molar-refractivity contribution in [3.63, 3.8) is 0 Å². The monoisotopic (exact) mass is 228 g/mol. The van der Waals surface area contributed by atoms with Gasteiger partial charge in [0.05, 0.1) is 0 Å². The highest BCUT2D eigenvalue weighted by atomic mass is 16.5. The van der Waals surface area contributed by atoms with E-state index in [1.807, 2.05) is 18.2 Å². The summed E-state index contributed by atoms with van der Waals surface area (Å²) < 4.78 is 5.33. The van der Waals surface area contributed by atoms with Gasteiger partial charge in [-0.2, -0.15) is 0 Å². The summed E-state index contributed by atoms with van der Waals surface area (Å²) in [7, 11) is 0. The average molecular weight is 228 g/mol. The molecule has 0 radical (unpaired) electrons. The minimum absolute atomic E-state index is 0.0343. The number of rotatable bonds is 4. The van der Waals surface area contributed by atoms with Gasteiger partial charge in [-0.15, -0.1) is 0 Å². The molecular weight excluding hydrogens is 216 g/mol. The number of Topliss-reactive ketones (excluding diaryl/α,β-unsaturated/α-hetero) is 1. The molecule has 0 aromatic heterocycles. The van der Waals surface area contributed by atoms with Crippen LogP contribution < -0.4 is 4.74 Å². The molecule has 1 N–H and O–H groups in total. The molecule has 86 valence electrons. The van der Waals surface area contributed by atoms with E-state index >= 15 is 0 Å². The molecule has 3 heteroatoms. The Bertz CT molecular complexity index is 506. The van der Waals surface area contributed by atoms with E-state index < -0.39 is 0 Å². The number of hydrogen-bond acceptors (Lipinski definition) is 3. The van der Waals surface area contributed by atoms with Crippen molar-refractivity contribution in [3.8, 4) is 11.5 Å². The smallest absolute Gasteiger partial charge is 0.200 e. The molecule has 0 unspecified atom stereocenters. The van der Waals surface area contributed by atoms with Crippen LogP contribution in [0, 0.1) is 0 Å². The summed E-state index contributed by atoms with van der Waals surface area (Å²) in [5.74, 6) is 0.571. The molecule has 0 aliphatic rings. The van der Waals surface area contributed by atoms with E-state index in [1.165, 1.54) is 12.1 Å². The van der Waals surface area contributed by atoms with Crippen LogP contribution in [0.5, 0.6) is 11.5 Å². The number of ketones is 1. The third-order valence-electron chi connectivity index (χ3n) is 2.28. The number of hydrogen-bond donors (Lipinski definition) is 1. The summed E-state index contributed by atoms with van der Waals surface area (Å²) >= 11 is 0. The maximum absolute atomic E-state index is 11.7. The standard InChI is InChI=1S/C14H12O3/c15-12-6-4-5-11(9-12)14(16)10-17-13-7-2-1-3-8-13/h1-9,15H,10H2. The van der Waals surface area contributed by atoms with Crippen LogP contribution in [0.25, 0.3) is 0 Å². The number of phenols is 1. The van der Waals surface area contributed by atoms with Crippen LogP contribution in [-0.4, -0.2) is 17.5 Å².